The standard InChI is InChI=1S/C16H13F3N2OS/c1-10-5-14(11(2)21(10)9-16(17,18)19)15(22)13(7-20)6-12-3-4-23-8-12/h3-6,8H,9H2,1-2H3/b13-6+. The molecule has 0 atom stereocenters. The smallest absolute Gasteiger partial charge is 0.339 e. The topological polar surface area (TPSA) is 45.8 Å². The summed E-state index contributed by atoms with van der Waals surface area (Å²) in [6, 6.07) is 4.97. The van der Waals surface area contributed by atoms with Crippen molar-refractivity contribution in [3.63, 3.8) is 0 Å². The molecule has 0 aromatic carbocycles. The van der Waals surface area contributed by atoms with Crippen molar-refractivity contribution in [1.29, 1.82) is 5.26 Å². The van der Waals surface area contributed by atoms with Crippen LogP contribution in [0.4, 0.5) is 13.2 Å². The lowest BCUT2D eigenvalue weighted by Crippen LogP contribution is -2.19. The van der Waals surface area contributed by atoms with Crippen molar-refractivity contribution in [2.45, 2.75) is 26.6 Å². The lowest BCUT2D eigenvalue weighted by atomic mass is 10.0. The Labute approximate surface area is 135 Å². The van der Waals surface area contributed by atoms with Crippen LogP contribution in [0.25, 0.3) is 6.08 Å². The predicted molar refractivity (Wildman–Crippen MR) is 82.2 cm³/mol. The minimum Gasteiger partial charge on any atom is -0.339 e. The number of halogens is 3. The molecule has 2 aromatic heterocycles. The highest BCUT2D eigenvalue weighted by molar-refractivity contribution is 7.08. The number of ketones is 1. The molecule has 0 unspecified atom stereocenters. The number of rotatable bonds is 4. The third-order valence-electron chi connectivity index (χ3n) is 3.37. The maximum atomic E-state index is 12.6. The van der Waals surface area contributed by atoms with Crippen molar-refractivity contribution in [3.8, 4) is 6.07 Å². The van der Waals surface area contributed by atoms with E-state index in [1.165, 1.54) is 37.3 Å². The van der Waals surface area contributed by atoms with E-state index in [9.17, 15) is 23.2 Å². The van der Waals surface area contributed by atoms with Gasteiger partial charge in [0.2, 0.25) is 5.78 Å². The molecule has 23 heavy (non-hydrogen) atoms. The Morgan fingerprint density at radius 3 is 2.65 bits per heavy atom. The molecule has 0 radical (unpaired) electrons. The number of thiophene rings is 1. The molecular weight excluding hydrogens is 325 g/mol. The summed E-state index contributed by atoms with van der Waals surface area (Å²) in [5.74, 6) is -0.569. The third kappa shape index (κ3) is 3.90. The maximum Gasteiger partial charge on any atom is 0.406 e. The maximum absolute atomic E-state index is 12.6. The van der Waals surface area contributed by atoms with Gasteiger partial charge < -0.3 is 4.57 Å². The highest BCUT2D eigenvalue weighted by Gasteiger charge is 2.30. The fourth-order valence-corrected chi connectivity index (χ4v) is 2.89. The van der Waals surface area contributed by atoms with Gasteiger partial charge in [-0.05, 0) is 48.4 Å². The zero-order valence-corrected chi connectivity index (χ0v) is 13.3. The second-order valence-corrected chi connectivity index (χ2v) is 5.82. The average Bonchev–Trinajstić information content (AvgIpc) is 3.06. The molecule has 0 spiro atoms. The first-order valence-electron chi connectivity index (χ1n) is 6.65. The van der Waals surface area contributed by atoms with Gasteiger partial charge in [0.1, 0.15) is 18.2 Å². The van der Waals surface area contributed by atoms with Gasteiger partial charge in [-0.15, -0.1) is 0 Å². The molecule has 120 valence electrons. The van der Waals surface area contributed by atoms with Gasteiger partial charge in [-0.25, -0.2) is 0 Å². The van der Waals surface area contributed by atoms with Crippen molar-refractivity contribution in [1.82, 2.24) is 4.57 Å². The Bertz CT molecular complexity index is 793. The summed E-state index contributed by atoms with van der Waals surface area (Å²) in [7, 11) is 0. The molecule has 0 saturated carbocycles. The average molecular weight is 338 g/mol. The van der Waals surface area contributed by atoms with Crippen LogP contribution in [0, 0.1) is 25.2 Å². The van der Waals surface area contributed by atoms with E-state index in [2.05, 4.69) is 0 Å². The van der Waals surface area contributed by atoms with Gasteiger partial charge in [0, 0.05) is 17.0 Å². The van der Waals surface area contributed by atoms with E-state index in [1.807, 2.05) is 6.07 Å². The first kappa shape index (κ1) is 17.0. The number of carbonyl (C=O) groups excluding carboxylic acids is 1. The molecule has 0 N–H and O–H groups in total. The quantitative estimate of drug-likeness (QED) is 0.467. The zero-order valence-electron chi connectivity index (χ0n) is 12.4. The lowest BCUT2D eigenvalue weighted by Gasteiger charge is -2.12. The predicted octanol–water partition coefficient (Wildman–Crippen LogP) is 4.52. The lowest BCUT2D eigenvalue weighted by molar-refractivity contribution is -0.141. The van der Waals surface area contributed by atoms with Crippen molar-refractivity contribution in [3.05, 3.63) is 51.0 Å². The number of allylic oxidation sites excluding steroid dienone is 1. The van der Waals surface area contributed by atoms with Crippen LogP contribution in [0.1, 0.15) is 27.3 Å². The van der Waals surface area contributed by atoms with Crippen LogP contribution in [-0.4, -0.2) is 16.5 Å². The Balaban J connectivity index is 2.40. The molecule has 0 amide bonds. The molecule has 0 aliphatic rings. The Morgan fingerprint density at radius 1 is 1.43 bits per heavy atom. The summed E-state index contributed by atoms with van der Waals surface area (Å²) in [4.78, 5) is 12.5. The fourth-order valence-electron chi connectivity index (χ4n) is 2.27. The van der Waals surface area contributed by atoms with Gasteiger partial charge in [-0.2, -0.15) is 29.8 Å². The van der Waals surface area contributed by atoms with E-state index in [-0.39, 0.29) is 16.8 Å². The summed E-state index contributed by atoms with van der Waals surface area (Å²) in [5.41, 5.74) is 1.27. The van der Waals surface area contributed by atoms with E-state index in [0.29, 0.717) is 11.3 Å². The molecule has 0 aliphatic carbocycles. The monoisotopic (exact) mass is 338 g/mol. The number of hydrogen-bond acceptors (Lipinski definition) is 3. The van der Waals surface area contributed by atoms with Crippen LogP contribution in [0.2, 0.25) is 0 Å². The highest BCUT2D eigenvalue weighted by atomic mass is 32.1. The zero-order chi connectivity index (χ0) is 17.2. The number of aromatic nitrogens is 1. The molecular formula is C16H13F3N2OS. The molecule has 2 rings (SSSR count). The molecule has 0 bridgehead atoms. The second-order valence-electron chi connectivity index (χ2n) is 5.04. The first-order valence-corrected chi connectivity index (χ1v) is 7.59. The second kappa shape index (κ2) is 6.42. The van der Waals surface area contributed by atoms with Gasteiger partial charge in [-0.3, -0.25) is 4.79 Å². The minimum absolute atomic E-state index is 0.101. The molecule has 0 saturated heterocycles. The molecule has 3 nitrogen and oxygen atoms in total. The van der Waals surface area contributed by atoms with Gasteiger partial charge in [0.15, 0.2) is 0 Å². The third-order valence-corrected chi connectivity index (χ3v) is 4.08. The Kier molecular flexibility index (Phi) is 4.76. The van der Waals surface area contributed by atoms with E-state index in [4.69, 9.17) is 0 Å². The Hall–Kier alpha value is -2.33. The van der Waals surface area contributed by atoms with Gasteiger partial charge >= 0.3 is 6.18 Å². The van der Waals surface area contributed by atoms with Gasteiger partial charge in [-0.1, -0.05) is 0 Å². The fraction of sp³-hybridized carbons (Fsp3) is 0.250. The van der Waals surface area contributed by atoms with Crippen LogP contribution in [0.3, 0.4) is 0 Å². The largest absolute Gasteiger partial charge is 0.406 e. The van der Waals surface area contributed by atoms with Crippen molar-refractivity contribution in [2.24, 2.45) is 0 Å². The van der Waals surface area contributed by atoms with Gasteiger partial charge in [0.25, 0.3) is 0 Å². The number of alkyl halides is 3. The van der Waals surface area contributed by atoms with Gasteiger partial charge in [0.05, 0.1) is 0 Å². The molecule has 2 heterocycles. The molecule has 0 fully saturated rings. The minimum atomic E-state index is -4.38. The number of nitrogens with zero attached hydrogens (tertiary/aromatic N) is 2. The molecule has 2 aromatic rings. The van der Waals surface area contributed by atoms with Crippen LogP contribution >= 0.6 is 11.3 Å². The summed E-state index contributed by atoms with van der Waals surface area (Å²) < 4.78 is 38.9. The summed E-state index contributed by atoms with van der Waals surface area (Å²) in [5, 5.41) is 12.8. The van der Waals surface area contributed by atoms with Crippen molar-refractivity contribution < 1.29 is 18.0 Å². The van der Waals surface area contributed by atoms with Crippen molar-refractivity contribution in [2.75, 3.05) is 0 Å². The highest BCUT2D eigenvalue weighted by Crippen LogP contribution is 2.25. The van der Waals surface area contributed by atoms with E-state index >= 15 is 0 Å². The molecule has 7 heteroatoms. The first-order chi connectivity index (χ1) is 10.7. The van der Waals surface area contributed by atoms with Crippen LogP contribution in [0.5, 0.6) is 0 Å². The SMILES string of the molecule is Cc1cc(C(=O)/C(C#N)=C/c2ccsc2)c(C)n1CC(F)(F)F. The van der Waals surface area contributed by atoms with E-state index < -0.39 is 18.5 Å². The normalized spacial score (nSPS) is 12.3. The molecule has 0 aliphatic heterocycles. The number of Topliss-reactive ketones (excluding diaryl/α,β-unsaturated/α-hetero) is 1. The van der Waals surface area contributed by atoms with Crippen LogP contribution in [0.15, 0.2) is 28.5 Å². The number of hydrogen-bond donors (Lipinski definition) is 0. The summed E-state index contributed by atoms with van der Waals surface area (Å²) in [6.45, 7) is 1.80. The van der Waals surface area contributed by atoms with E-state index in [0.717, 1.165) is 4.57 Å². The van der Waals surface area contributed by atoms with E-state index in [1.54, 1.807) is 16.8 Å². The Morgan fingerprint density at radius 2 is 2.13 bits per heavy atom. The van der Waals surface area contributed by atoms with Crippen LogP contribution < -0.4 is 0 Å². The van der Waals surface area contributed by atoms with Crippen molar-refractivity contribution >= 4 is 23.2 Å². The van der Waals surface area contributed by atoms with Crippen LogP contribution in [-0.2, 0) is 6.54 Å². The number of nitriles is 1. The number of aryl methyl sites for hydroxylation is 1. The summed E-state index contributed by atoms with van der Waals surface area (Å²) >= 11 is 1.42. The summed E-state index contributed by atoms with van der Waals surface area (Å²) in [6.07, 6.45) is -2.94. The number of carbonyl (C=O) groups is 1.